The Bertz CT molecular complexity index is 1120. The molecule has 1 aliphatic heterocycles. The number of allylic oxidation sites excluding steroid dienone is 1. The van der Waals surface area contributed by atoms with E-state index in [1.807, 2.05) is 90.3 Å². The standard InChI is InChI=1S/C27H27N3O2S/c1-20-7-11-23(12-8-20)29-27(31)26(25(19-28)30-15-17-33-18-16-30)32-24-13-9-22(10-14-24)21-5-3-2-4-6-21/h2-14,19,28H,15-18H2,1H3,(H,29,31)/b26-25-,28-19?. The summed E-state index contributed by atoms with van der Waals surface area (Å²) in [5.41, 5.74) is 4.47. The van der Waals surface area contributed by atoms with Gasteiger partial charge in [-0.25, -0.2) is 0 Å². The molecule has 0 aromatic heterocycles. The van der Waals surface area contributed by atoms with Crippen LogP contribution in [0.5, 0.6) is 5.75 Å². The van der Waals surface area contributed by atoms with E-state index in [4.69, 9.17) is 10.1 Å². The lowest BCUT2D eigenvalue weighted by Crippen LogP contribution is -2.36. The zero-order valence-corrected chi connectivity index (χ0v) is 19.4. The number of amides is 1. The van der Waals surface area contributed by atoms with Crippen LogP contribution < -0.4 is 10.1 Å². The van der Waals surface area contributed by atoms with Crippen LogP contribution in [0.2, 0.25) is 0 Å². The van der Waals surface area contributed by atoms with E-state index in [-0.39, 0.29) is 11.7 Å². The highest BCUT2D eigenvalue weighted by molar-refractivity contribution is 7.99. The maximum absolute atomic E-state index is 13.3. The molecule has 0 spiro atoms. The van der Waals surface area contributed by atoms with Crippen LogP contribution in [0.25, 0.3) is 11.1 Å². The molecule has 3 aromatic carbocycles. The maximum atomic E-state index is 13.3. The van der Waals surface area contributed by atoms with Crippen molar-refractivity contribution in [1.82, 2.24) is 4.90 Å². The van der Waals surface area contributed by atoms with Gasteiger partial charge in [-0.05, 0) is 42.3 Å². The molecule has 1 heterocycles. The molecule has 168 valence electrons. The van der Waals surface area contributed by atoms with E-state index < -0.39 is 0 Å². The first-order valence-electron chi connectivity index (χ1n) is 10.9. The molecule has 0 bridgehead atoms. The van der Waals surface area contributed by atoms with Crippen LogP contribution in [-0.4, -0.2) is 41.6 Å². The minimum atomic E-state index is -0.372. The third-order valence-electron chi connectivity index (χ3n) is 5.42. The van der Waals surface area contributed by atoms with Crippen LogP contribution >= 0.6 is 11.8 Å². The first-order chi connectivity index (χ1) is 16.1. The second kappa shape index (κ2) is 10.9. The third-order valence-corrected chi connectivity index (χ3v) is 6.36. The lowest BCUT2D eigenvalue weighted by atomic mass is 10.1. The number of anilines is 1. The predicted molar refractivity (Wildman–Crippen MR) is 137 cm³/mol. The molecule has 5 nitrogen and oxygen atoms in total. The number of aryl methyl sites for hydroxylation is 1. The summed E-state index contributed by atoms with van der Waals surface area (Å²) >= 11 is 1.87. The van der Waals surface area contributed by atoms with Gasteiger partial charge in [-0.3, -0.25) is 4.79 Å². The Balaban J connectivity index is 1.63. The van der Waals surface area contributed by atoms with Gasteiger partial charge in [-0.2, -0.15) is 11.8 Å². The fraction of sp³-hybridized carbons (Fsp3) is 0.185. The Kier molecular flexibility index (Phi) is 7.47. The number of ether oxygens (including phenoxy) is 1. The molecule has 0 atom stereocenters. The van der Waals surface area contributed by atoms with Gasteiger partial charge in [0.1, 0.15) is 11.4 Å². The van der Waals surface area contributed by atoms with E-state index in [0.717, 1.165) is 41.3 Å². The number of nitrogens with zero attached hydrogens (tertiary/aromatic N) is 1. The lowest BCUT2D eigenvalue weighted by Gasteiger charge is -2.30. The summed E-state index contributed by atoms with van der Waals surface area (Å²) in [6.45, 7) is 3.54. The summed E-state index contributed by atoms with van der Waals surface area (Å²) in [7, 11) is 0. The quantitative estimate of drug-likeness (QED) is 0.276. The van der Waals surface area contributed by atoms with Crippen molar-refractivity contribution in [3.63, 3.8) is 0 Å². The largest absolute Gasteiger partial charge is 0.449 e. The zero-order valence-electron chi connectivity index (χ0n) is 18.6. The summed E-state index contributed by atoms with van der Waals surface area (Å²) in [5.74, 6) is 2.22. The van der Waals surface area contributed by atoms with Gasteiger partial charge in [0.25, 0.3) is 5.91 Å². The average Bonchev–Trinajstić information content (AvgIpc) is 2.87. The van der Waals surface area contributed by atoms with Crippen LogP contribution in [0, 0.1) is 12.3 Å². The summed E-state index contributed by atoms with van der Waals surface area (Å²) in [4.78, 5) is 15.4. The molecule has 2 N–H and O–H groups in total. The van der Waals surface area contributed by atoms with Gasteiger partial charge in [0, 0.05) is 36.5 Å². The first-order valence-corrected chi connectivity index (χ1v) is 12.1. The smallest absolute Gasteiger partial charge is 0.293 e. The minimum absolute atomic E-state index is 0.130. The van der Waals surface area contributed by atoms with Gasteiger partial charge in [0.2, 0.25) is 5.76 Å². The molecule has 1 aliphatic rings. The normalized spacial score (nSPS) is 14.3. The van der Waals surface area contributed by atoms with E-state index in [2.05, 4.69) is 17.4 Å². The molecular weight excluding hydrogens is 430 g/mol. The highest BCUT2D eigenvalue weighted by atomic mass is 32.2. The Morgan fingerprint density at radius 3 is 2.21 bits per heavy atom. The number of thioether (sulfide) groups is 1. The monoisotopic (exact) mass is 457 g/mol. The molecule has 0 saturated carbocycles. The topological polar surface area (TPSA) is 65.4 Å². The molecule has 0 radical (unpaired) electrons. The molecule has 1 amide bonds. The molecule has 3 aromatic rings. The SMILES string of the molecule is Cc1ccc(NC(=O)/C(Oc2ccc(-c3ccccc3)cc2)=C(\C=N)N2CCSCC2)cc1. The van der Waals surface area contributed by atoms with Crippen molar-refractivity contribution in [2.24, 2.45) is 0 Å². The number of carbonyl (C=O) groups is 1. The van der Waals surface area contributed by atoms with Gasteiger partial charge in [-0.15, -0.1) is 0 Å². The van der Waals surface area contributed by atoms with Crippen molar-refractivity contribution >= 4 is 29.6 Å². The third kappa shape index (κ3) is 5.84. The highest BCUT2D eigenvalue weighted by Crippen LogP contribution is 2.25. The number of hydrogen-bond acceptors (Lipinski definition) is 5. The molecular formula is C27H27N3O2S. The second-order valence-corrected chi connectivity index (χ2v) is 9.00. The van der Waals surface area contributed by atoms with E-state index in [1.54, 1.807) is 0 Å². The first kappa shape index (κ1) is 22.7. The molecule has 4 rings (SSSR count). The van der Waals surface area contributed by atoms with Crippen LogP contribution in [0.15, 0.2) is 90.3 Å². The summed E-state index contributed by atoms with van der Waals surface area (Å²) in [6.07, 6.45) is 1.22. The van der Waals surface area contributed by atoms with E-state index >= 15 is 0 Å². The predicted octanol–water partition coefficient (Wildman–Crippen LogP) is 5.59. The number of nitrogens with one attached hydrogen (secondary N) is 2. The van der Waals surface area contributed by atoms with Crippen molar-refractivity contribution in [2.75, 3.05) is 29.9 Å². The lowest BCUT2D eigenvalue weighted by molar-refractivity contribution is -0.115. The molecule has 6 heteroatoms. The van der Waals surface area contributed by atoms with Crippen LogP contribution in [0.1, 0.15) is 5.56 Å². The molecule has 33 heavy (non-hydrogen) atoms. The van der Waals surface area contributed by atoms with Crippen molar-refractivity contribution in [2.45, 2.75) is 6.92 Å². The van der Waals surface area contributed by atoms with Gasteiger partial charge >= 0.3 is 0 Å². The summed E-state index contributed by atoms with van der Waals surface area (Å²) in [6, 6.07) is 25.4. The van der Waals surface area contributed by atoms with Crippen molar-refractivity contribution < 1.29 is 9.53 Å². The summed E-state index contributed by atoms with van der Waals surface area (Å²) in [5, 5.41) is 11.0. The number of rotatable bonds is 7. The fourth-order valence-corrected chi connectivity index (χ4v) is 4.51. The van der Waals surface area contributed by atoms with Crippen molar-refractivity contribution in [3.8, 4) is 16.9 Å². The number of carbonyl (C=O) groups excluding carboxylic acids is 1. The number of hydrogen-bond donors (Lipinski definition) is 2. The molecule has 1 saturated heterocycles. The van der Waals surface area contributed by atoms with Gasteiger partial charge in [0.05, 0.1) is 0 Å². The molecule has 0 aliphatic carbocycles. The Labute approximate surface area is 199 Å². The zero-order chi connectivity index (χ0) is 23.0. The van der Waals surface area contributed by atoms with E-state index in [9.17, 15) is 4.79 Å². The van der Waals surface area contributed by atoms with Crippen molar-refractivity contribution in [3.05, 3.63) is 95.9 Å². The highest BCUT2D eigenvalue weighted by Gasteiger charge is 2.23. The molecule has 0 unspecified atom stereocenters. The van der Waals surface area contributed by atoms with Gasteiger partial charge in [0.15, 0.2) is 0 Å². The van der Waals surface area contributed by atoms with Gasteiger partial charge < -0.3 is 20.4 Å². The second-order valence-electron chi connectivity index (χ2n) is 7.77. The minimum Gasteiger partial charge on any atom is -0.449 e. The van der Waals surface area contributed by atoms with E-state index in [0.29, 0.717) is 17.1 Å². The Morgan fingerprint density at radius 1 is 0.939 bits per heavy atom. The van der Waals surface area contributed by atoms with Crippen LogP contribution in [-0.2, 0) is 4.79 Å². The maximum Gasteiger partial charge on any atom is 0.293 e. The Hall–Kier alpha value is -3.51. The van der Waals surface area contributed by atoms with E-state index in [1.165, 1.54) is 6.21 Å². The average molecular weight is 458 g/mol. The van der Waals surface area contributed by atoms with Gasteiger partial charge in [-0.1, -0.05) is 60.2 Å². The van der Waals surface area contributed by atoms with Crippen molar-refractivity contribution in [1.29, 1.82) is 5.41 Å². The number of benzene rings is 3. The van der Waals surface area contributed by atoms with Crippen LogP contribution in [0.3, 0.4) is 0 Å². The van der Waals surface area contributed by atoms with Crippen LogP contribution in [0.4, 0.5) is 5.69 Å². The molecule has 1 fully saturated rings. The fourth-order valence-electron chi connectivity index (χ4n) is 3.61. The Morgan fingerprint density at radius 2 is 1.58 bits per heavy atom. The summed E-state index contributed by atoms with van der Waals surface area (Å²) < 4.78 is 6.14.